The van der Waals surface area contributed by atoms with Gasteiger partial charge in [-0.2, -0.15) is 0 Å². The summed E-state index contributed by atoms with van der Waals surface area (Å²) in [7, 11) is -3.14. The van der Waals surface area contributed by atoms with E-state index >= 15 is 0 Å². The topological polar surface area (TPSA) is 120 Å². The van der Waals surface area contributed by atoms with Gasteiger partial charge < -0.3 is 15.2 Å². The molecule has 3 aliphatic rings. The number of fused-ring (bicyclic) bond motifs is 1. The minimum Gasteiger partial charge on any atom is -0.361 e. The van der Waals surface area contributed by atoms with Gasteiger partial charge in [0, 0.05) is 35.6 Å². The zero-order valence-corrected chi connectivity index (χ0v) is 17.7. The number of hydrogen-bond donors (Lipinski definition) is 2. The van der Waals surface area contributed by atoms with Crippen molar-refractivity contribution in [2.45, 2.75) is 43.8 Å². The highest BCUT2D eigenvalue weighted by molar-refractivity contribution is 7.91. The summed E-state index contributed by atoms with van der Waals surface area (Å²) in [5, 5.41) is 3.67. The predicted octanol–water partition coefficient (Wildman–Crippen LogP) is 0.809. The number of amides is 4. The van der Waals surface area contributed by atoms with Crippen LogP contribution >= 0.6 is 0 Å². The SMILES string of the molecule is O=C1N[C@@H](Cc2c[nH]c3ccccc23)C(=O)N1CC(=O)N(C1CC1)[C@H]1CCS(=O)(=O)C1. The van der Waals surface area contributed by atoms with Crippen LogP contribution in [0.2, 0.25) is 0 Å². The number of para-hydroxylation sites is 1. The number of sulfone groups is 1. The Morgan fingerprint density at radius 2 is 1.90 bits per heavy atom. The van der Waals surface area contributed by atoms with Crippen LogP contribution in [0.5, 0.6) is 0 Å². The molecule has 1 aromatic heterocycles. The number of aromatic nitrogens is 1. The molecule has 1 saturated carbocycles. The van der Waals surface area contributed by atoms with Crippen LogP contribution < -0.4 is 5.32 Å². The standard InChI is InChI=1S/C21H24N4O5S/c26-19(25(14-5-6-14)15-7-8-31(29,30)12-15)11-24-20(27)18(23-21(24)28)9-13-10-22-17-4-2-1-3-16(13)17/h1-4,10,14-15,18,22H,5-9,11-12H2,(H,23,28)/t15-,18-/m0/s1. The zero-order valence-electron chi connectivity index (χ0n) is 16.9. The molecule has 2 aliphatic heterocycles. The van der Waals surface area contributed by atoms with E-state index in [-0.39, 0.29) is 36.0 Å². The number of carbonyl (C=O) groups is 3. The third kappa shape index (κ3) is 3.80. The Labute approximate surface area is 179 Å². The van der Waals surface area contributed by atoms with Gasteiger partial charge in [-0.25, -0.2) is 13.2 Å². The summed E-state index contributed by atoms with van der Waals surface area (Å²) in [5.41, 5.74) is 1.87. The average Bonchev–Trinajstić information content (AvgIpc) is 3.30. The number of nitrogens with one attached hydrogen (secondary N) is 2. The lowest BCUT2D eigenvalue weighted by atomic mass is 10.1. The zero-order chi connectivity index (χ0) is 21.8. The largest absolute Gasteiger partial charge is 0.361 e. The Balaban J connectivity index is 1.28. The Kier molecular flexibility index (Phi) is 4.76. The van der Waals surface area contributed by atoms with Crippen molar-refractivity contribution >= 4 is 38.6 Å². The molecule has 0 spiro atoms. The first-order chi connectivity index (χ1) is 14.8. The van der Waals surface area contributed by atoms with Crippen LogP contribution in [0.3, 0.4) is 0 Å². The summed E-state index contributed by atoms with van der Waals surface area (Å²) in [5.74, 6) is -0.762. The highest BCUT2D eigenvalue weighted by Crippen LogP contribution is 2.32. The van der Waals surface area contributed by atoms with E-state index in [4.69, 9.17) is 0 Å². The van der Waals surface area contributed by atoms with E-state index in [1.54, 1.807) is 4.90 Å². The van der Waals surface area contributed by atoms with Crippen molar-refractivity contribution in [2.24, 2.45) is 0 Å². The average molecular weight is 445 g/mol. The summed E-state index contributed by atoms with van der Waals surface area (Å²) >= 11 is 0. The number of hydrogen-bond acceptors (Lipinski definition) is 5. The number of carbonyl (C=O) groups excluding carboxylic acids is 3. The molecule has 2 aromatic rings. The maximum absolute atomic E-state index is 13.0. The molecular weight excluding hydrogens is 420 g/mol. The van der Waals surface area contributed by atoms with Gasteiger partial charge in [0.15, 0.2) is 9.84 Å². The molecule has 1 aromatic carbocycles. The summed E-state index contributed by atoms with van der Waals surface area (Å²) in [6, 6.07) is 6.04. The maximum Gasteiger partial charge on any atom is 0.325 e. The number of urea groups is 1. The molecule has 3 fully saturated rings. The van der Waals surface area contributed by atoms with Gasteiger partial charge in [-0.3, -0.25) is 14.5 Å². The molecule has 9 nitrogen and oxygen atoms in total. The molecule has 2 saturated heterocycles. The number of nitrogens with zero attached hydrogens (tertiary/aromatic N) is 2. The van der Waals surface area contributed by atoms with E-state index in [0.29, 0.717) is 12.8 Å². The minimum absolute atomic E-state index is 0.00795. The molecule has 4 amide bonds. The predicted molar refractivity (Wildman–Crippen MR) is 113 cm³/mol. The normalized spacial score (nSPS) is 25.2. The minimum atomic E-state index is -3.14. The van der Waals surface area contributed by atoms with Crippen LogP contribution in [-0.4, -0.2) is 77.2 Å². The van der Waals surface area contributed by atoms with E-state index in [1.807, 2.05) is 30.5 Å². The van der Waals surface area contributed by atoms with E-state index in [9.17, 15) is 22.8 Å². The van der Waals surface area contributed by atoms with Gasteiger partial charge >= 0.3 is 6.03 Å². The molecule has 10 heteroatoms. The number of benzene rings is 1. The second-order valence-electron chi connectivity index (χ2n) is 8.58. The lowest BCUT2D eigenvalue weighted by Gasteiger charge is -2.29. The van der Waals surface area contributed by atoms with Gasteiger partial charge in [-0.05, 0) is 30.9 Å². The van der Waals surface area contributed by atoms with Crippen LogP contribution in [0.4, 0.5) is 4.79 Å². The third-order valence-electron chi connectivity index (χ3n) is 6.33. The van der Waals surface area contributed by atoms with Crippen LogP contribution in [0, 0.1) is 0 Å². The van der Waals surface area contributed by atoms with Gasteiger partial charge in [-0.15, -0.1) is 0 Å². The Hall–Kier alpha value is -2.88. The Morgan fingerprint density at radius 3 is 2.61 bits per heavy atom. The summed E-state index contributed by atoms with van der Waals surface area (Å²) < 4.78 is 23.8. The highest BCUT2D eigenvalue weighted by atomic mass is 32.2. The molecular formula is C21H24N4O5S. The van der Waals surface area contributed by atoms with Crippen molar-refractivity contribution in [3.63, 3.8) is 0 Å². The first-order valence-corrected chi connectivity index (χ1v) is 12.3. The fourth-order valence-corrected chi connectivity index (χ4v) is 6.37. The Bertz CT molecular complexity index is 1170. The quantitative estimate of drug-likeness (QED) is 0.639. The smallest absolute Gasteiger partial charge is 0.325 e. The van der Waals surface area contributed by atoms with Gasteiger partial charge in [0.2, 0.25) is 5.91 Å². The Morgan fingerprint density at radius 1 is 1.13 bits per heavy atom. The molecule has 5 rings (SSSR count). The molecule has 164 valence electrons. The fraction of sp³-hybridized carbons (Fsp3) is 0.476. The number of imide groups is 1. The molecule has 31 heavy (non-hydrogen) atoms. The maximum atomic E-state index is 13.0. The lowest BCUT2D eigenvalue weighted by Crippen LogP contribution is -2.49. The van der Waals surface area contributed by atoms with Gasteiger partial charge in [0.05, 0.1) is 11.5 Å². The number of H-pyrrole nitrogens is 1. The molecule has 0 bridgehead atoms. The van der Waals surface area contributed by atoms with E-state index in [1.165, 1.54) is 0 Å². The van der Waals surface area contributed by atoms with Crippen molar-refractivity contribution in [2.75, 3.05) is 18.1 Å². The van der Waals surface area contributed by atoms with Gasteiger partial charge in [-0.1, -0.05) is 18.2 Å². The highest BCUT2D eigenvalue weighted by Gasteiger charge is 2.45. The summed E-state index contributed by atoms with van der Waals surface area (Å²) in [4.78, 5) is 44.1. The van der Waals surface area contributed by atoms with Crippen molar-refractivity contribution in [3.8, 4) is 0 Å². The molecule has 2 atom stereocenters. The first kappa shape index (κ1) is 20.0. The van der Waals surface area contributed by atoms with Crippen molar-refractivity contribution in [3.05, 3.63) is 36.0 Å². The van der Waals surface area contributed by atoms with Crippen LogP contribution in [0.25, 0.3) is 10.9 Å². The van der Waals surface area contributed by atoms with Gasteiger partial charge in [0.25, 0.3) is 5.91 Å². The first-order valence-electron chi connectivity index (χ1n) is 10.5. The monoisotopic (exact) mass is 444 g/mol. The second kappa shape index (κ2) is 7.37. The second-order valence-corrected chi connectivity index (χ2v) is 10.8. The molecule has 2 N–H and O–H groups in total. The van der Waals surface area contributed by atoms with Crippen molar-refractivity contribution < 1.29 is 22.8 Å². The van der Waals surface area contributed by atoms with Crippen LogP contribution in [-0.2, 0) is 25.8 Å². The van der Waals surface area contributed by atoms with E-state index in [2.05, 4.69) is 10.3 Å². The van der Waals surface area contributed by atoms with Crippen molar-refractivity contribution in [1.82, 2.24) is 20.1 Å². The van der Waals surface area contributed by atoms with E-state index < -0.39 is 27.8 Å². The summed E-state index contributed by atoms with van der Waals surface area (Å²) in [6.07, 6.45) is 4.21. The van der Waals surface area contributed by atoms with Crippen LogP contribution in [0.15, 0.2) is 30.5 Å². The van der Waals surface area contributed by atoms with Gasteiger partial charge in [0.1, 0.15) is 12.6 Å². The molecule has 0 radical (unpaired) electrons. The van der Waals surface area contributed by atoms with E-state index in [0.717, 1.165) is 34.2 Å². The van der Waals surface area contributed by atoms with Crippen molar-refractivity contribution in [1.29, 1.82) is 0 Å². The summed E-state index contributed by atoms with van der Waals surface area (Å²) in [6.45, 7) is -0.359. The van der Waals surface area contributed by atoms with Crippen LogP contribution in [0.1, 0.15) is 24.8 Å². The number of rotatable bonds is 6. The fourth-order valence-electron chi connectivity index (χ4n) is 4.66. The molecule has 1 aliphatic carbocycles. The molecule has 3 heterocycles. The molecule has 0 unspecified atom stereocenters. The lowest BCUT2D eigenvalue weighted by molar-refractivity contribution is -0.139. The third-order valence-corrected chi connectivity index (χ3v) is 8.08. The number of aromatic amines is 1.